The highest BCUT2D eigenvalue weighted by molar-refractivity contribution is 5.03. The zero-order valence-corrected chi connectivity index (χ0v) is 9.57. The molecule has 2 heterocycles. The number of rotatable bonds is 5. The van der Waals surface area contributed by atoms with E-state index in [0.717, 1.165) is 31.0 Å². The molecule has 1 aliphatic heterocycles. The van der Waals surface area contributed by atoms with Crippen molar-refractivity contribution in [3.8, 4) is 0 Å². The van der Waals surface area contributed by atoms with Crippen molar-refractivity contribution in [2.45, 2.75) is 32.2 Å². The summed E-state index contributed by atoms with van der Waals surface area (Å²) < 4.78 is 15.8. The van der Waals surface area contributed by atoms with Crippen LogP contribution in [0.2, 0.25) is 0 Å². The molecule has 1 fully saturated rings. The van der Waals surface area contributed by atoms with E-state index in [2.05, 4.69) is 10.5 Å². The number of nitrogens with one attached hydrogen (secondary N) is 1. The molecule has 0 bridgehead atoms. The Morgan fingerprint density at radius 2 is 2.50 bits per heavy atom. The van der Waals surface area contributed by atoms with E-state index in [1.54, 1.807) is 7.11 Å². The average Bonchev–Trinajstić information content (AvgIpc) is 2.76. The normalized spacial score (nSPS) is 21.2. The van der Waals surface area contributed by atoms with Crippen LogP contribution in [-0.2, 0) is 22.7 Å². The quantitative estimate of drug-likeness (QED) is 0.814. The summed E-state index contributed by atoms with van der Waals surface area (Å²) >= 11 is 0. The van der Waals surface area contributed by atoms with E-state index in [-0.39, 0.29) is 0 Å². The third-order valence-corrected chi connectivity index (χ3v) is 2.61. The van der Waals surface area contributed by atoms with Crippen LogP contribution in [0.5, 0.6) is 0 Å². The SMILES string of the molecule is COCc1cc(CO[C@H]2CCCNC2)no1. The van der Waals surface area contributed by atoms with Crippen LogP contribution in [0.3, 0.4) is 0 Å². The van der Waals surface area contributed by atoms with Crippen molar-refractivity contribution >= 4 is 0 Å². The minimum absolute atomic E-state index is 0.302. The third-order valence-electron chi connectivity index (χ3n) is 2.61. The Morgan fingerprint density at radius 1 is 1.56 bits per heavy atom. The van der Waals surface area contributed by atoms with Crippen molar-refractivity contribution in [3.05, 3.63) is 17.5 Å². The van der Waals surface area contributed by atoms with Crippen molar-refractivity contribution in [2.75, 3.05) is 20.2 Å². The van der Waals surface area contributed by atoms with Gasteiger partial charge in [0, 0.05) is 19.7 Å². The maximum absolute atomic E-state index is 5.73. The van der Waals surface area contributed by atoms with Gasteiger partial charge in [0.1, 0.15) is 12.3 Å². The van der Waals surface area contributed by atoms with Crippen LogP contribution in [0.15, 0.2) is 10.6 Å². The standard InChI is InChI=1S/C11H18N2O3/c1-14-8-11-5-9(13-16-11)7-15-10-3-2-4-12-6-10/h5,10,12H,2-4,6-8H2,1H3/t10-/m0/s1. The maximum atomic E-state index is 5.73. The number of aromatic nitrogens is 1. The summed E-state index contributed by atoms with van der Waals surface area (Å²) in [4.78, 5) is 0. The number of nitrogens with zero attached hydrogens (tertiary/aromatic N) is 1. The van der Waals surface area contributed by atoms with Gasteiger partial charge in [-0.15, -0.1) is 0 Å². The molecular formula is C11H18N2O3. The van der Waals surface area contributed by atoms with E-state index in [9.17, 15) is 0 Å². The Hall–Kier alpha value is -0.910. The van der Waals surface area contributed by atoms with Gasteiger partial charge in [0.2, 0.25) is 0 Å². The van der Waals surface area contributed by atoms with Gasteiger partial charge in [-0.2, -0.15) is 0 Å². The first kappa shape index (κ1) is 11.6. The van der Waals surface area contributed by atoms with E-state index in [1.807, 2.05) is 6.07 Å². The number of hydrogen-bond acceptors (Lipinski definition) is 5. The van der Waals surface area contributed by atoms with E-state index in [4.69, 9.17) is 14.0 Å². The first-order valence-electron chi connectivity index (χ1n) is 5.64. The predicted molar refractivity (Wildman–Crippen MR) is 57.9 cm³/mol. The van der Waals surface area contributed by atoms with Crippen molar-refractivity contribution in [1.29, 1.82) is 0 Å². The first-order valence-corrected chi connectivity index (χ1v) is 5.64. The van der Waals surface area contributed by atoms with Crippen molar-refractivity contribution < 1.29 is 14.0 Å². The molecule has 1 saturated heterocycles. The van der Waals surface area contributed by atoms with Gasteiger partial charge in [-0.05, 0) is 19.4 Å². The van der Waals surface area contributed by atoms with Crippen LogP contribution in [-0.4, -0.2) is 31.5 Å². The molecule has 5 heteroatoms. The largest absolute Gasteiger partial charge is 0.377 e. The van der Waals surface area contributed by atoms with Crippen molar-refractivity contribution in [2.24, 2.45) is 0 Å². The monoisotopic (exact) mass is 226 g/mol. The predicted octanol–water partition coefficient (Wildman–Crippen LogP) is 1.09. The molecule has 1 aliphatic rings. The van der Waals surface area contributed by atoms with Crippen LogP contribution < -0.4 is 5.32 Å². The fourth-order valence-electron chi connectivity index (χ4n) is 1.80. The number of piperidine rings is 1. The molecule has 1 N–H and O–H groups in total. The molecule has 0 unspecified atom stereocenters. The number of ether oxygens (including phenoxy) is 2. The molecular weight excluding hydrogens is 208 g/mol. The van der Waals surface area contributed by atoms with Crippen LogP contribution in [0.25, 0.3) is 0 Å². The smallest absolute Gasteiger partial charge is 0.162 e. The molecule has 1 atom stereocenters. The Kier molecular flexibility index (Phi) is 4.33. The molecule has 0 amide bonds. The molecule has 0 radical (unpaired) electrons. The minimum Gasteiger partial charge on any atom is -0.377 e. The van der Waals surface area contributed by atoms with Crippen LogP contribution in [0.1, 0.15) is 24.3 Å². The Labute approximate surface area is 95.1 Å². The lowest BCUT2D eigenvalue weighted by Crippen LogP contribution is -2.35. The van der Waals surface area contributed by atoms with Crippen LogP contribution in [0, 0.1) is 0 Å². The second-order valence-electron chi connectivity index (χ2n) is 4.00. The lowest BCUT2D eigenvalue weighted by molar-refractivity contribution is 0.0224. The molecule has 0 spiro atoms. The highest BCUT2D eigenvalue weighted by atomic mass is 16.5. The summed E-state index contributed by atoms with van der Waals surface area (Å²) in [5, 5.41) is 7.23. The van der Waals surface area contributed by atoms with Crippen LogP contribution in [0.4, 0.5) is 0 Å². The summed E-state index contributed by atoms with van der Waals surface area (Å²) in [6, 6.07) is 1.87. The topological polar surface area (TPSA) is 56.5 Å². The van der Waals surface area contributed by atoms with Crippen molar-refractivity contribution in [3.63, 3.8) is 0 Å². The molecule has 90 valence electrons. The summed E-state index contributed by atoms with van der Waals surface area (Å²) in [6.07, 6.45) is 2.60. The van der Waals surface area contributed by atoms with Gasteiger partial charge >= 0.3 is 0 Å². The fourth-order valence-corrected chi connectivity index (χ4v) is 1.80. The third kappa shape index (κ3) is 3.30. The van der Waals surface area contributed by atoms with Gasteiger partial charge in [0.05, 0.1) is 12.7 Å². The molecule has 16 heavy (non-hydrogen) atoms. The minimum atomic E-state index is 0.302. The maximum Gasteiger partial charge on any atom is 0.162 e. The van der Waals surface area contributed by atoms with Crippen molar-refractivity contribution in [1.82, 2.24) is 10.5 Å². The summed E-state index contributed by atoms with van der Waals surface area (Å²) in [6.45, 7) is 3.00. The van der Waals surface area contributed by atoms with Gasteiger partial charge in [-0.1, -0.05) is 5.16 Å². The second-order valence-corrected chi connectivity index (χ2v) is 4.00. The van der Waals surface area contributed by atoms with E-state index in [1.165, 1.54) is 6.42 Å². The highest BCUT2D eigenvalue weighted by Crippen LogP contribution is 2.11. The molecule has 0 aromatic carbocycles. The lowest BCUT2D eigenvalue weighted by atomic mass is 10.1. The van der Waals surface area contributed by atoms with Gasteiger partial charge in [-0.25, -0.2) is 0 Å². The summed E-state index contributed by atoms with van der Waals surface area (Å²) in [5.41, 5.74) is 0.831. The summed E-state index contributed by atoms with van der Waals surface area (Å²) in [7, 11) is 1.63. The average molecular weight is 226 g/mol. The summed E-state index contributed by atoms with van der Waals surface area (Å²) in [5.74, 6) is 0.739. The molecule has 0 aliphatic carbocycles. The molecule has 1 aromatic rings. The lowest BCUT2D eigenvalue weighted by Gasteiger charge is -2.22. The van der Waals surface area contributed by atoms with E-state index >= 15 is 0 Å². The molecule has 5 nitrogen and oxygen atoms in total. The molecule has 1 aromatic heterocycles. The van der Waals surface area contributed by atoms with E-state index in [0.29, 0.717) is 19.3 Å². The zero-order valence-electron chi connectivity index (χ0n) is 9.57. The number of methoxy groups -OCH3 is 1. The number of hydrogen-bond donors (Lipinski definition) is 1. The van der Waals surface area contributed by atoms with Gasteiger partial charge in [0.25, 0.3) is 0 Å². The van der Waals surface area contributed by atoms with E-state index < -0.39 is 0 Å². The Balaban J connectivity index is 1.75. The second kappa shape index (κ2) is 5.98. The van der Waals surface area contributed by atoms with Gasteiger partial charge < -0.3 is 19.3 Å². The first-order chi connectivity index (χ1) is 7.88. The van der Waals surface area contributed by atoms with Crippen LogP contribution >= 0.6 is 0 Å². The zero-order chi connectivity index (χ0) is 11.2. The molecule has 2 rings (SSSR count). The molecule has 0 saturated carbocycles. The Morgan fingerprint density at radius 3 is 3.25 bits per heavy atom. The fraction of sp³-hybridized carbons (Fsp3) is 0.727. The van der Waals surface area contributed by atoms with Gasteiger partial charge in [-0.3, -0.25) is 0 Å². The van der Waals surface area contributed by atoms with Gasteiger partial charge in [0.15, 0.2) is 5.76 Å². The highest BCUT2D eigenvalue weighted by Gasteiger charge is 2.14. The Bertz CT molecular complexity index is 308.